The summed E-state index contributed by atoms with van der Waals surface area (Å²) in [6.45, 7) is 2.85. The number of benzene rings is 2. The first kappa shape index (κ1) is 16.0. The van der Waals surface area contributed by atoms with Gasteiger partial charge in [-0.05, 0) is 68.1 Å². The van der Waals surface area contributed by atoms with E-state index in [1.54, 1.807) is 0 Å². The Labute approximate surface area is 144 Å². The number of phenolic OH excluding ortho intramolecular Hbond substituents is 1. The van der Waals surface area contributed by atoms with Gasteiger partial charge in [-0.2, -0.15) is 0 Å². The minimum atomic E-state index is 0.229. The van der Waals surface area contributed by atoms with E-state index >= 15 is 0 Å². The van der Waals surface area contributed by atoms with Crippen molar-refractivity contribution in [1.29, 1.82) is 0 Å². The first-order valence-corrected chi connectivity index (χ1v) is 8.51. The summed E-state index contributed by atoms with van der Waals surface area (Å²) in [5.41, 5.74) is 2.32. The Morgan fingerprint density at radius 3 is 2.25 bits per heavy atom. The molecule has 2 rings (SSSR count). The summed E-state index contributed by atoms with van der Waals surface area (Å²) in [5.74, 6) is 0.229. The highest BCUT2D eigenvalue weighted by atomic mass is 79.9. The predicted molar refractivity (Wildman–Crippen MR) is 92.9 cm³/mol. The number of nitrogens with one attached hydrogen (secondary N) is 1. The third-order valence-corrected chi connectivity index (χ3v) is 4.99. The summed E-state index contributed by atoms with van der Waals surface area (Å²) in [6.07, 6.45) is 0. The summed E-state index contributed by atoms with van der Waals surface area (Å²) < 4.78 is 2.49. The van der Waals surface area contributed by atoms with Crippen LogP contribution in [0.15, 0.2) is 49.8 Å². The second-order valence-electron chi connectivity index (χ2n) is 4.53. The number of rotatable bonds is 4. The molecule has 20 heavy (non-hydrogen) atoms. The van der Waals surface area contributed by atoms with Crippen LogP contribution in [0.2, 0.25) is 0 Å². The van der Waals surface area contributed by atoms with Gasteiger partial charge in [-0.1, -0.05) is 34.1 Å². The van der Waals surface area contributed by atoms with Crippen LogP contribution in [0.5, 0.6) is 5.75 Å². The zero-order valence-corrected chi connectivity index (χ0v) is 15.6. The normalized spacial score (nSPS) is 12.4. The Kier molecular flexibility index (Phi) is 5.66. The van der Waals surface area contributed by atoms with Crippen LogP contribution in [-0.4, -0.2) is 5.11 Å². The minimum absolute atomic E-state index is 0.229. The van der Waals surface area contributed by atoms with E-state index in [2.05, 4.69) is 66.1 Å². The topological polar surface area (TPSA) is 32.3 Å². The number of hydrogen-bond acceptors (Lipinski definition) is 2. The number of halogens is 3. The van der Waals surface area contributed by atoms with Crippen molar-refractivity contribution in [3.8, 4) is 5.75 Å². The van der Waals surface area contributed by atoms with E-state index in [1.807, 2.05) is 30.3 Å². The molecule has 1 atom stereocenters. The van der Waals surface area contributed by atoms with Gasteiger partial charge in [-0.15, -0.1) is 0 Å². The molecule has 5 heteroatoms. The second-order valence-corrected chi connectivity index (χ2v) is 7.10. The second kappa shape index (κ2) is 7.07. The summed E-state index contributed by atoms with van der Waals surface area (Å²) in [5, 5.41) is 13.2. The van der Waals surface area contributed by atoms with Crippen molar-refractivity contribution in [2.75, 3.05) is 0 Å². The van der Waals surface area contributed by atoms with Gasteiger partial charge in [0.15, 0.2) is 0 Å². The fourth-order valence-electron chi connectivity index (χ4n) is 1.93. The molecule has 0 fully saturated rings. The molecule has 0 aromatic heterocycles. The van der Waals surface area contributed by atoms with Crippen LogP contribution in [0, 0.1) is 0 Å². The Morgan fingerprint density at radius 1 is 1.05 bits per heavy atom. The van der Waals surface area contributed by atoms with Gasteiger partial charge in [-0.3, -0.25) is 0 Å². The predicted octanol–water partition coefficient (Wildman–Crippen LogP) is 5.53. The van der Waals surface area contributed by atoms with Gasteiger partial charge >= 0.3 is 0 Å². The molecule has 0 radical (unpaired) electrons. The third kappa shape index (κ3) is 3.85. The third-order valence-electron chi connectivity index (χ3n) is 3.06. The first-order chi connectivity index (χ1) is 9.49. The zero-order valence-electron chi connectivity index (χ0n) is 10.8. The lowest BCUT2D eigenvalue weighted by Gasteiger charge is -2.16. The molecule has 0 amide bonds. The van der Waals surface area contributed by atoms with Gasteiger partial charge in [0.2, 0.25) is 0 Å². The molecule has 0 spiro atoms. The van der Waals surface area contributed by atoms with Gasteiger partial charge in [0.1, 0.15) is 5.75 Å². The van der Waals surface area contributed by atoms with Crippen LogP contribution in [0.25, 0.3) is 0 Å². The van der Waals surface area contributed by atoms with Crippen LogP contribution < -0.4 is 5.32 Å². The molecular weight excluding hydrogens is 450 g/mol. The quantitative estimate of drug-likeness (QED) is 0.624. The summed E-state index contributed by atoms with van der Waals surface area (Å²) in [7, 11) is 0. The SMILES string of the molecule is CC(NCc1cc(Br)c(O)c(Br)c1)c1ccccc1Br. The molecule has 0 aliphatic heterocycles. The molecule has 1 unspecified atom stereocenters. The smallest absolute Gasteiger partial charge is 0.143 e. The Morgan fingerprint density at radius 2 is 1.65 bits per heavy atom. The standard InChI is InChI=1S/C15H14Br3NO/c1-9(11-4-2-3-5-12(11)16)19-8-10-6-13(17)15(20)14(18)7-10/h2-7,9,19-20H,8H2,1H3. The van der Waals surface area contributed by atoms with Gasteiger partial charge in [-0.25, -0.2) is 0 Å². The Balaban J connectivity index is 2.07. The minimum Gasteiger partial charge on any atom is -0.506 e. The first-order valence-electron chi connectivity index (χ1n) is 6.13. The molecule has 0 aliphatic rings. The zero-order chi connectivity index (χ0) is 14.7. The summed E-state index contributed by atoms with van der Waals surface area (Å²) >= 11 is 10.3. The highest BCUT2D eigenvalue weighted by molar-refractivity contribution is 9.11. The molecule has 0 aliphatic carbocycles. The van der Waals surface area contributed by atoms with E-state index in [4.69, 9.17) is 0 Å². The maximum atomic E-state index is 9.70. The van der Waals surface area contributed by atoms with Crippen molar-refractivity contribution >= 4 is 47.8 Å². The van der Waals surface area contributed by atoms with Crippen molar-refractivity contribution in [3.63, 3.8) is 0 Å². The van der Waals surface area contributed by atoms with E-state index in [1.165, 1.54) is 5.56 Å². The highest BCUT2D eigenvalue weighted by Crippen LogP contribution is 2.33. The molecule has 106 valence electrons. The van der Waals surface area contributed by atoms with Gasteiger partial charge in [0.05, 0.1) is 8.95 Å². The van der Waals surface area contributed by atoms with E-state index in [0.29, 0.717) is 8.95 Å². The lowest BCUT2D eigenvalue weighted by molar-refractivity contribution is 0.467. The van der Waals surface area contributed by atoms with Crippen molar-refractivity contribution in [2.24, 2.45) is 0 Å². The van der Waals surface area contributed by atoms with E-state index in [0.717, 1.165) is 16.6 Å². The van der Waals surface area contributed by atoms with E-state index in [9.17, 15) is 5.11 Å². The molecule has 0 saturated carbocycles. The fraction of sp³-hybridized carbons (Fsp3) is 0.200. The van der Waals surface area contributed by atoms with Gasteiger partial charge in [0.25, 0.3) is 0 Å². The molecule has 2 aromatic rings. The molecule has 2 N–H and O–H groups in total. The molecule has 2 nitrogen and oxygen atoms in total. The summed E-state index contributed by atoms with van der Waals surface area (Å²) in [6, 6.07) is 12.3. The maximum Gasteiger partial charge on any atom is 0.143 e. The van der Waals surface area contributed by atoms with E-state index in [-0.39, 0.29) is 11.8 Å². The van der Waals surface area contributed by atoms with Crippen LogP contribution >= 0.6 is 47.8 Å². The molecule has 0 saturated heterocycles. The largest absolute Gasteiger partial charge is 0.506 e. The van der Waals surface area contributed by atoms with Crippen molar-refractivity contribution in [2.45, 2.75) is 19.5 Å². The highest BCUT2D eigenvalue weighted by Gasteiger charge is 2.10. The Hall–Kier alpha value is -0.360. The average Bonchev–Trinajstić information content (AvgIpc) is 2.42. The fourth-order valence-corrected chi connectivity index (χ4v) is 3.84. The maximum absolute atomic E-state index is 9.70. The van der Waals surface area contributed by atoms with Crippen molar-refractivity contribution < 1.29 is 5.11 Å². The van der Waals surface area contributed by atoms with Gasteiger partial charge in [0, 0.05) is 17.1 Å². The van der Waals surface area contributed by atoms with Crippen LogP contribution in [0.1, 0.15) is 24.1 Å². The lowest BCUT2D eigenvalue weighted by Crippen LogP contribution is -2.18. The number of aromatic hydroxyl groups is 1. The lowest BCUT2D eigenvalue weighted by atomic mass is 10.1. The molecule has 0 bridgehead atoms. The van der Waals surface area contributed by atoms with Crippen molar-refractivity contribution in [3.05, 3.63) is 60.9 Å². The van der Waals surface area contributed by atoms with Gasteiger partial charge < -0.3 is 10.4 Å². The average molecular weight is 464 g/mol. The van der Waals surface area contributed by atoms with Crippen molar-refractivity contribution in [1.82, 2.24) is 5.32 Å². The number of phenols is 1. The molecule has 0 heterocycles. The Bertz CT molecular complexity index is 593. The van der Waals surface area contributed by atoms with E-state index < -0.39 is 0 Å². The van der Waals surface area contributed by atoms with Crippen LogP contribution in [0.3, 0.4) is 0 Å². The molecule has 2 aromatic carbocycles. The monoisotopic (exact) mass is 461 g/mol. The van der Waals surface area contributed by atoms with Crippen LogP contribution in [0.4, 0.5) is 0 Å². The van der Waals surface area contributed by atoms with Crippen LogP contribution in [-0.2, 0) is 6.54 Å². The molecular formula is C15H14Br3NO. The summed E-state index contributed by atoms with van der Waals surface area (Å²) in [4.78, 5) is 0. The number of hydrogen-bond donors (Lipinski definition) is 2.